The highest BCUT2D eigenvalue weighted by Gasteiger charge is 2.31. The van der Waals surface area contributed by atoms with E-state index in [-0.39, 0.29) is 30.6 Å². The number of rotatable bonds is 5. The lowest BCUT2D eigenvalue weighted by molar-refractivity contribution is -0.143. The Labute approximate surface area is 137 Å². The first-order valence-electron chi connectivity index (χ1n) is 8.15. The molecule has 1 fully saturated rings. The average Bonchev–Trinajstić information content (AvgIpc) is 2.59. The second-order valence-corrected chi connectivity index (χ2v) is 6.35. The summed E-state index contributed by atoms with van der Waals surface area (Å²) >= 11 is 0. The minimum atomic E-state index is -0.732. The number of hydrogen-bond acceptors (Lipinski definition) is 3. The molecule has 0 radical (unpaired) electrons. The van der Waals surface area contributed by atoms with Crippen LogP contribution < -0.4 is 0 Å². The average molecular weight is 319 g/mol. The van der Waals surface area contributed by atoms with Crippen molar-refractivity contribution in [2.75, 3.05) is 7.05 Å². The molecule has 5 heteroatoms. The molecule has 1 amide bonds. The lowest BCUT2D eigenvalue weighted by atomic mass is 9.78. The largest absolute Gasteiger partial charge is 0.481 e. The first kappa shape index (κ1) is 17.3. The van der Waals surface area contributed by atoms with E-state index in [1.165, 1.54) is 0 Å². The third kappa shape index (κ3) is 4.71. The molecule has 1 aromatic carbocycles. The summed E-state index contributed by atoms with van der Waals surface area (Å²) in [5.41, 5.74) is 0.966. The summed E-state index contributed by atoms with van der Waals surface area (Å²) in [5.74, 6) is -0.840. The molecule has 1 aliphatic rings. The SMILES string of the molecule is CC(C(=O)O)[C@H]1CC[C@H](N(C)C(=O)OCc2ccccc2)CC1. The Bertz CT molecular complexity index is 523. The maximum atomic E-state index is 12.1. The Morgan fingerprint density at radius 3 is 2.39 bits per heavy atom. The van der Waals surface area contributed by atoms with E-state index in [1.54, 1.807) is 18.9 Å². The predicted octanol–water partition coefficient (Wildman–Crippen LogP) is 3.53. The van der Waals surface area contributed by atoms with Crippen molar-refractivity contribution in [3.8, 4) is 0 Å². The molecular formula is C18H25NO4. The third-order valence-electron chi connectivity index (χ3n) is 4.88. The maximum Gasteiger partial charge on any atom is 0.410 e. The van der Waals surface area contributed by atoms with E-state index in [0.29, 0.717) is 0 Å². The van der Waals surface area contributed by atoms with Gasteiger partial charge in [0.25, 0.3) is 0 Å². The van der Waals surface area contributed by atoms with Crippen LogP contribution in [0.25, 0.3) is 0 Å². The summed E-state index contributed by atoms with van der Waals surface area (Å²) in [6.07, 6.45) is 3.03. The summed E-state index contributed by atoms with van der Waals surface area (Å²) < 4.78 is 5.35. The lowest BCUT2D eigenvalue weighted by Gasteiger charge is -2.35. The molecule has 0 heterocycles. The van der Waals surface area contributed by atoms with Crippen molar-refractivity contribution in [2.24, 2.45) is 11.8 Å². The fourth-order valence-electron chi connectivity index (χ4n) is 3.16. The fourth-order valence-corrected chi connectivity index (χ4v) is 3.16. The van der Waals surface area contributed by atoms with Crippen LogP contribution in [0.1, 0.15) is 38.2 Å². The number of benzene rings is 1. The van der Waals surface area contributed by atoms with Crippen molar-refractivity contribution in [3.05, 3.63) is 35.9 Å². The van der Waals surface area contributed by atoms with E-state index in [2.05, 4.69) is 0 Å². The van der Waals surface area contributed by atoms with Crippen molar-refractivity contribution in [1.29, 1.82) is 0 Å². The molecule has 126 valence electrons. The zero-order valence-corrected chi connectivity index (χ0v) is 13.8. The highest BCUT2D eigenvalue weighted by Crippen LogP contribution is 2.32. The zero-order valence-electron chi connectivity index (χ0n) is 13.8. The van der Waals surface area contributed by atoms with Gasteiger partial charge in [0.2, 0.25) is 0 Å². The van der Waals surface area contributed by atoms with Gasteiger partial charge in [-0.25, -0.2) is 4.79 Å². The molecule has 1 aromatic rings. The minimum Gasteiger partial charge on any atom is -0.481 e. The topological polar surface area (TPSA) is 66.8 Å². The van der Waals surface area contributed by atoms with Gasteiger partial charge < -0.3 is 14.7 Å². The van der Waals surface area contributed by atoms with Gasteiger partial charge in [-0.05, 0) is 37.2 Å². The molecule has 1 saturated carbocycles. The molecule has 0 saturated heterocycles. The van der Waals surface area contributed by atoms with Gasteiger partial charge in [0.05, 0.1) is 5.92 Å². The van der Waals surface area contributed by atoms with Crippen LogP contribution in [0.2, 0.25) is 0 Å². The number of ether oxygens (including phenoxy) is 1. The van der Waals surface area contributed by atoms with Crippen molar-refractivity contribution in [3.63, 3.8) is 0 Å². The van der Waals surface area contributed by atoms with E-state index in [4.69, 9.17) is 9.84 Å². The second-order valence-electron chi connectivity index (χ2n) is 6.35. The van der Waals surface area contributed by atoms with E-state index >= 15 is 0 Å². The number of carbonyl (C=O) groups excluding carboxylic acids is 1. The van der Waals surface area contributed by atoms with E-state index in [1.807, 2.05) is 30.3 Å². The first-order valence-corrected chi connectivity index (χ1v) is 8.15. The number of amides is 1. The molecular weight excluding hydrogens is 294 g/mol. The standard InChI is InChI=1S/C18H25NO4/c1-13(17(20)21)15-8-10-16(11-9-15)19(2)18(22)23-12-14-6-4-3-5-7-14/h3-7,13,15-16H,8-12H2,1-2H3,(H,20,21)/t13?,15-,16-. The van der Waals surface area contributed by atoms with Crippen molar-refractivity contribution in [2.45, 2.75) is 45.3 Å². The molecule has 23 heavy (non-hydrogen) atoms. The summed E-state index contributed by atoms with van der Waals surface area (Å²) in [7, 11) is 1.76. The van der Waals surface area contributed by atoms with Crippen LogP contribution in [0.3, 0.4) is 0 Å². The van der Waals surface area contributed by atoms with Gasteiger partial charge in [0.1, 0.15) is 6.61 Å². The Balaban J connectivity index is 1.78. The van der Waals surface area contributed by atoms with Gasteiger partial charge in [-0.2, -0.15) is 0 Å². The smallest absolute Gasteiger partial charge is 0.410 e. The molecule has 1 aliphatic carbocycles. The van der Waals surface area contributed by atoms with Crippen molar-refractivity contribution < 1.29 is 19.4 Å². The molecule has 0 spiro atoms. The number of carbonyl (C=O) groups is 2. The second kappa shape index (κ2) is 7.99. The van der Waals surface area contributed by atoms with Crippen LogP contribution in [-0.4, -0.2) is 35.2 Å². The number of carboxylic acids is 1. The summed E-state index contributed by atoms with van der Waals surface area (Å²) in [6.45, 7) is 2.04. The number of aliphatic carboxylic acids is 1. The zero-order chi connectivity index (χ0) is 16.8. The number of carboxylic acid groups (broad SMARTS) is 1. The molecule has 1 unspecified atom stereocenters. The van der Waals surface area contributed by atoms with E-state index in [0.717, 1.165) is 31.2 Å². The highest BCUT2D eigenvalue weighted by molar-refractivity contribution is 5.70. The van der Waals surface area contributed by atoms with Crippen LogP contribution in [0.5, 0.6) is 0 Å². The molecule has 0 bridgehead atoms. The quantitative estimate of drug-likeness (QED) is 0.901. The minimum absolute atomic E-state index is 0.135. The highest BCUT2D eigenvalue weighted by atomic mass is 16.6. The molecule has 5 nitrogen and oxygen atoms in total. The monoisotopic (exact) mass is 319 g/mol. The summed E-state index contributed by atoms with van der Waals surface area (Å²) in [5, 5.41) is 9.09. The van der Waals surface area contributed by atoms with Gasteiger partial charge in [0, 0.05) is 13.1 Å². The third-order valence-corrected chi connectivity index (χ3v) is 4.88. The maximum absolute atomic E-state index is 12.1. The van der Waals surface area contributed by atoms with E-state index < -0.39 is 5.97 Å². The lowest BCUT2D eigenvalue weighted by Crippen LogP contribution is -2.40. The normalized spacial score (nSPS) is 22.2. The summed E-state index contributed by atoms with van der Waals surface area (Å²) in [6, 6.07) is 9.73. The fraction of sp³-hybridized carbons (Fsp3) is 0.556. The van der Waals surface area contributed by atoms with Crippen LogP contribution in [0.15, 0.2) is 30.3 Å². The van der Waals surface area contributed by atoms with Crippen LogP contribution >= 0.6 is 0 Å². The summed E-state index contributed by atoms with van der Waals surface area (Å²) in [4.78, 5) is 24.9. The Kier molecular flexibility index (Phi) is 6.02. The van der Waals surface area contributed by atoms with Crippen LogP contribution in [-0.2, 0) is 16.1 Å². The number of hydrogen-bond donors (Lipinski definition) is 1. The van der Waals surface area contributed by atoms with Crippen molar-refractivity contribution in [1.82, 2.24) is 4.90 Å². The Morgan fingerprint density at radius 2 is 1.83 bits per heavy atom. The van der Waals surface area contributed by atoms with Gasteiger partial charge in [-0.15, -0.1) is 0 Å². The Hall–Kier alpha value is -2.04. The van der Waals surface area contributed by atoms with Gasteiger partial charge in [-0.3, -0.25) is 4.79 Å². The van der Waals surface area contributed by atoms with Crippen LogP contribution in [0.4, 0.5) is 4.79 Å². The number of nitrogens with zero attached hydrogens (tertiary/aromatic N) is 1. The molecule has 0 aromatic heterocycles. The van der Waals surface area contributed by atoms with Gasteiger partial charge >= 0.3 is 12.1 Å². The molecule has 0 aliphatic heterocycles. The van der Waals surface area contributed by atoms with Crippen molar-refractivity contribution >= 4 is 12.1 Å². The van der Waals surface area contributed by atoms with E-state index in [9.17, 15) is 9.59 Å². The molecule has 2 rings (SSSR count). The van der Waals surface area contributed by atoms with Gasteiger partial charge in [0.15, 0.2) is 0 Å². The Morgan fingerprint density at radius 1 is 1.22 bits per heavy atom. The van der Waals surface area contributed by atoms with Crippen LogP contribution in [0, 0.1) is 11.8 Å². The van der Waals surface area contributed by atoms with Gasteiger partial charge in [-0.1, -0.05) is 37.3 Å². The molecule has 1 atom stereocenters. The first-order chi connectivity index (χ1) is 11.0. The predicted molar refractivity (Wildman–Crippen MR) is 86.9 cm³/mol. The molecule has 1 N–H and O–H groups in total.